The highest BCUT2D eigenvalue weighted by atomic mass is 31.2. The number of hydrogen-bond acceptors (Lipinski definition) is 8. The number of ether oxygens (including phenoxy) is 2. The molecule has 0 bridgehead atoms. The summed E-state index contributed by atoms with van der Waals surface area (Å²) in [5, 5.41) is 0. The van der Waals surface area contributed by atoms with Gasteiger partial charge in [-0.15, -0.1) is 6.58 Å². The fourth-order valence-electron chi connectivity index (χ4n) is 5.57. The molecule has 0 fully saturated rings. The van der Waals surface area contributed by atoms with E-state index in [1.165, 1.54) is 83.5 Å². The van der Waals surface area contributed by atoms with Gasteiger partial charge in [0.25, 0.3) is 7.82 Å². The van der Waals surface area contributed by atoms with Crippen molar-refractivity contribution in [2.75, 3.05) is 47.5 Å². The molecule has 0 N–H and O–H groups in total. The van der Waals surface area contributed by atoms with E-state index in [0.717, 1.165) is 64.2 Å². The summed E-state index contributed by atoms with van der Waals surface area (Å²) in [4.78, 5) is 37.4. The number of carbonyl (C=O) groups excluding carboxylic acids is 2. The lowest BCUT2D eigenvalue weighted by Crippen LogP contribution is -2.37. The van der Waals surface area contributed by atoms with Crippen LogP contribution in [0.2, 0.25) is 0 Å². The Hall–Kier alpha value is -1.51. The minimum absolute atomic E-state index is 0.0318. The number of carbonyl (C=O) groups is 2. The minimum Gasteiger partial charge on any atom is -0.756 e. The lowest BCUT2D eigenvalue weighted by Gasteiger charge is -2.28. The summed E-state index contributed by atoms with van der Waals surface area (Å²) in [7, 11) is 1.16. The van der Waals surface area contributed by atoms with E-state index in [4.69, 9.17) is 18.5 Å². The number of likely N-dealkylation sites (N-methyl/N-ethyl adjacent to an activating group) is 1. The quantitative estimate of drug-likeness (QED) is 0.0202. The third-order valence-electron chi connectivity index (χ3n) is 8.84. The molecule has 0 saturated carbocycles. The Morgan fingerprint density at radius 1 is 0.647 bits per heavy atom. The summed E-state index contributed by atoms with van der Waals surface area (Å²) in [5.74, 6) is -0.846. The Balaban J connectivity index is 4.37. The second-order valence-electron chi connectivity index (χ2n) is 15.1. The Morgan fingerprint density at radius 2 is 1.10 bits per heavy atom. The van der Waals surface area contributed by atoms with E-state index >= 15 is 0 Å². The summed E-state index contributed by atoms with van der Waals surface area (Å²) < 4.78 is 33.8. The lowest BCUT2D eigenvalue weighted by molar-refractivity contribution is -0.870. The number of rotatable bonds is 38. The maximum absolute atomic E-state index is 12.6. The third kappa shape index (κ3) is 38.0. The first-order valence-corrected chi connectivity index (χ1v) is 22.0. The van der Waals surface area contributed by atoms with Crippen LogP contribution in [-0.4, -0.2) is 70.0 Å². The summed E-state index contributed by atoms with van der Waals surface area (Å²) in [6, 6.07) is 0. The van der Waals surface area contributed by atoms with Gasteiger partial charge in [-0.25, -0.2) is 0 Å². The molecule has 2 atom stereocenters. The van der Waals surface area contributed by atoms with Crippen molar-refractivity contribution < 1.29 is 42.1 Å². The van der Waals surface area contributed by atoms with E-state index < -0.39 is 26.5 Å². The molecule has 1 unspecified atom stereocenters. The zero-order valence-electron chi connectivity index (χ0n) is 33.4. The first-order chi connectivity index (χ1) is 24.5. The van der Waals surface area contributed by atoms with Gasteiger partial charge in [0.05, 0.1) is 27.7 Å². The van der Waals surface area contributed by atoms with Crippen LogP contribution in [0.25, 0.3) is 0 Å². The van der Waals surface area contributed by atoms with Gasteiger partial charge in [0, 0.05) is 12.8 Å². The Morgan fingerprint density at radius 3 is 1.59 bits per heavy atom. The number of phosphoric acid groups is 1. The van der Waals surface area contributed by atoms with Gasteiger partial charge in [0.15, 0.2) is 6.10 Å². The molecule has 300 valence electrons. The number of quaternary nitrogens is 1. The molecule has 9 nitrogen and oxygen atoms in total. The van der Waals surface area contributed by atoms with Gasteiger partial charge in [-0.05, 0) is 51.4 Å². The zero-order chi connectivity index (χ0) is 37.9. The first kappa shape index (κ1) is 49.5. The number of esters is 2. The SMILES string of the molecule is C=CCCCCCCCCCCCCCCCC(=O)OC[C@H](COP(=O)([O-])OCC[N+](C)(C)C)OC(=O)CCCCCCC/C=C/CCCCC. The second kappa shape index (κ2) is 34.3. The van der Waals surface area contributed by atoms with Gasteiger partial charge >= 0.3 is 11.9 Å². The number of nitrogens with zero attached hydrogens (tertiary/aromatic N) is 1. The van der Waals surface area contributed by atoms with Crippen LogP contribution in [0, 0.1) is 0 Å². The normalized spacial score (nSPS) is 13.7. The monoisotopic (exact) mass is 744 g/mol. The van der Waals surface area contributed by atoms with E-state index in [-0.39, 0.29) is 32.0 Å². The average Bonchev–Trinajstić information content (AvgIpc) is 3.07. The topological polar surface area (TPSA) is 111 Å². The predicted molar refractivity (Wildman–Crippen MR) is 208 cm³/mol. The van der Waals surface area contributed by atoms with Crippen LogP contribution in [0.5, 0.6) is 0 Å². The molecular formula is C41H78NO8P. The molecule has 0 radical (unpaired) electrons. The molecular weight excluding hydrogens is 665 g/mol. The fourth-order valence-corrected chi connectivity index (χ4v) is 6.30. The van der Waals surface area contributed by atoms with Gasteiger partial charge in [-0.2, -0.15) is 0 Å². The Bertz CT molecular complexity index is 920. The van der Waals surface area contributed by atoms with Crippen molar-refractivity contribution in [3.8, 4) is 0 Å². The number of unbranched alkanes of at least 4 members (excludes halogenated alkanes) is 21. The van der Waals surface area contributed by atoms with Crippen molar-refractivity contribution in [2.24, 2.45) is 0 Å². The van der Waals surface area contributed by atoms with Gasteiger partial charge < -0.3 is 27.9 Å². The molecule has 0 saturated heterocycles. The van der Waals surface area contributed by atoms with Crippen molar-refractivity contribution >= 4 is 19.8 Å². The fraction of sp³-hybridized carbons (Fsp3) is 0.854. The molecule has 10 heteroatoms. The molecule has 0 aliphatic carbocycles. The van der Waals surface area contributed by atoms with Crippen LogP contribution in [0.4, 0.5) is 0 Å². The van der Waals surface area contributed by atoms with Crippen molar-refractivity contribution in [1.82, 2.24) is 0 Å². The molecule has 0 amide bonds. The van der Waals surface area contributed by atoms with Crippen LogP contribution in [0.15, 0.2) is 24.8 Å². The first-order valence-electron chi connectivity index (χ1n) is 20.5. The van der Waals surface area contributed by atoms with Gasteiger partial charge in [0.2, 0.25) is 0 Å². The summed E-state index contributed by atoms with van der Waals surface area (Å²) in [5.41, 5.74) is 0. The Kier molecular flexibility index (Phi) is 33.3. The van der Waals surface area contributed by atoms with Gasteiger partial charge in [0.1, 0.15) is 19.8 Å². The Labute approximate surface area is 313 Å². The van der Waals surface area contributed by atoms with Crippen molar-refractivity contribution in [1.29, 1.82) is 0 Å². The molecule has 0 aromatic rings. The van der Waals surface area contributed by atoms with Crippen molar-refractivity contribution in [3.63, 3.8) is 0 Å². The summed E-state index contributed by atoms with van der Waals surface area (Å²) in [6.45, 7) is 5.70. The zero-order valence-corrected chi connectivity index (χ0v) is 34.3. The second-order valence-corrected chi connectivity index (χ2v) is 16.5. The lowest BCUT2D eigenvalue weighted by atomic mass is 10.0. The summed E-state index contributed by atoms with van der Waals surface area (Å²) in [6.07, 6.45) is 33.8. The largest absolute Gasteiger partial charge is 0.756 e. The molecule has 0 spiro atoms. The highest BCUT2D eigenvalue weighted by molar-refractivity contribution is 7.45. The van der Waals surface area contributed by atoms with Crippen molar-refractivity contribution in [2.45, 2.75) is 180 Å². The van der Waals surface area contributed by atoms with Crippen LogP contribution >= 0.6 is 7.82 Å². The van der Waals surface area contributed by atoms with Gasteiger partial charge in [-0.1, -0.05) is 128 Å². The maximum atomic E-state index is 12.6. The smallest absolute Gasteiger partial charge is 0.306 e. The number of phosphoric ester groups is 1. The minimum atomic E-state index is -4.62. The van der Waals surface area contributed by atoms with E-state index in [2.05, 4.69) is 25.7 Å². The van der Waals surface area contributed by atoms with Gasteiger partial charge in [-0.3, -0.25) is 14.2 Å². The van der Waals surface area contributed by atoms with Crippen molar-refractivity contribution in [3.05, 3.63) is 24.8 Å². The average molecular weight is 744 g/mol. The predicted octanol–water partition coefficient (Wildman–Crippen LogP) is 10.6. The molecule has 0 heterocycles. The molecule has 51 heavy (non-hydrogen) atoms. The highest BCUT2D eigenvalue weighted by Gasteiger charge is 2.21. The molecule has 0 aliphatic heterocycles. The standard InChI is InChI=1S/C41H78NO8P/c1-6-8-10-12-14-16-18-20-21-22-24-25-27-29-31-33-40(43)47-37-39(38-49-51(45,46)48-36-35-42(3,4)5)50-41(44)34-32-30-28-26-23-19-17-15-13-11-9-7-2/h6,15,17,39H,1,7-14,16,18-38H2,2-5H3/b17-15+/t39-/m1/s1. The van der Waals surface area contributed by atoms with E-state index in [1.54, 1.807) is 0 Å². The van der Waals surface area contributed by atoms with Crippen LogP contribution in [0.3, 0.4) is 0 Å². The van der Waals surface area contributed by atoms with Crippen LogP contribution in [-0.2, 0) is 32.7 Å². The number of allylic oxidation sites excluding steroid dienone is 3. The van der Waals surface area contributed by atoms with E-state index in [1.807, 2.05) is 27.2 Å². The highest BCUT2D eigenvalue weighted by Crippen LogP contribution is 2.38. The molecule has 0 aliphatic rings. The molecule has 0 aromatic carbocycles. The molecule has 0 rings (SSSR count). The maximum Gasteiger partial charge on any atom is 0.306 e. The van der Waals surface area contributed by atoms with E-state index in [0.29, 0.717) is 17.4 Å². The number of hydrogen-bond donors (Lipinski definition) is 0. The molecule has 0 aromatic heterocycles. The third-order valence-corrected chi connectivity index (χ3v) is 9.80. The summed E-state index contributed by atoms with van der Waals surface area (Å²) >= 11 is 0. The van der Waals surface area contributed by atoms with Crippen LogP contribution in [0.1, 0.15) is 174 Å². The van der Waals surface area contributed by atoms with E-state index in [9.17, 15) is 19.0 Å². The van der Waals surface area contributed by atoms with Crippen LogP contribution < -0.4 is 4.89 Å².